The lowest BCUT2D eigenvalue weighted by molar-refractivity contribution is -0.385. The molecule has 1 aliphatic heterocycles. The number of carbonyl (C=O) groups excluding carboxylic acids is 1. The molecule has 0 N–H and O–H groups in total. The number of non-ortho nitro benzene ring substituents is 2. The molecule has 1 atom stereocenters. The fraction of sp³-hybridized carbons (Fsp3) is 0.240. The third-order valence-corrected chi connectivity index (χ3v) is 6.44. The van der Waals surface area contributed by atoms with Crippen LogP contribution < -0.4 is 14.2 Å². The summed E-state index contributed by atoms with van der Waals surface area (Å²) >= 11 is 6.27. The number of fused-ring (bicyclic) bond motifs is 1. The smallest absolute Gasteiger partial charge is 0.270 e. The molecule has 3 aromatic carbocycles. The van der Waals surface area contributed by atoms with Gasteiger partial charge in [0.25, 0.3) is 17.3 Å². The minimum atomic E-state index is -0.624. The molecule has 12 heteroatoms. The van der Waals surface area contributed by atoms with E-state index in [1.165, 1.54) is 50.6 Å². The van der Waals surface area contributed by atoms with Gasteiger partial charge in [-0.2, -0.15) is 0 Å². The molecule has 0 radical (unpaired) electrons. The van der Waals surface area contributed by atoms with Gasteiger partial charge < -0.3 is 19.1 Å². The largest absolute Gasteiger partial charge is 0.493 e. The topological polar surface area (TPSA) is 134 Å². The number of nitro groups is 2. The minimum absolute atomic E-state index is 0.000120. The van der Waals surface area contributed by atoms with Crippen LogP contribution in [0.1, 0.15) is 27.5 Å². The van der Waals surface area contributed by atoms with Gasteiger partial charge in [0.1, 0.15) is 12.4 Å². The maximum Gasteiger partial charge on any atom is 0.270 e. The number of benzene rings is 3. The van der Waals surface area contributed by atoms with Gasteiger partial charge in [-0.15, -0.1) is 0 Å². The maximum atomic E-state index is 13.7. The number of rotatable bonds is 8. The van der Waals surface area contributed by atoms with Crippen molar-refractivity contribution in [2.75, 3.05) is 27.4 Å². The zero-order valence-electron chi connectivity index (χ0n) is 19.9. The highest BCUT2D eigenvalue weighted by Crippen LogP contribution is 2.39. The van der Waals surface area contributed by atoms with Crippen molar-refractivity contribution in [2.24, 2.45) is 0 Å². The number of nitro benzene ring substituents is 2. The molecule has 11 nitrogen and oxygen atoms in total. The zero-order valence-corrected chi connectivity index (χ0v) is 20.6. The number of carbonyl (C=O) groups is 1. The molecule has 0 saturated carbocycles. The molecule has 4 rings (SSSR count). The number of nitrogens with zero attached hydrogens (tertiary/aromatic N) is 3. The Balaban J connectivity index is 1.72. The molecule has 0 spiro atoms. The first kappa shape index (κ1) is 25.7. The molecular weight excluding hydrogens is 506 g/mol. The van der Waals surface area contributed by atoms with E-state index in [1.54, 1.807) is 11.0 Å². The molecule has 3 aromatic rings. The predicted molar refractivity (Wildman–Crippen MR) is 134 cm³/mol. The van der Waals surface area contributed by atoms with Gasteiger partial charge in [0.05, 0.1) is 40.7 Å². The summed E-state index contributed by atoms with van der Waals surface area (Å²) < 4.78 is 16.8. The lowest BCUT2D eigenvalue weighted by atomic mass is 9.91. The van der Waals surface area contributed by atoms with Crippen molar-refractivity contribution < 1.29 is 28.9 Å². The second kappa shape index (κ2) is 10.7. The van der Waals surface area contributed by atoms with Gasteiger partial charge in [-0.1, -0.05) is 11.6 Å². The van der Waals surface area contributed by atoms with Crippen LogP contribution in [0, 0.1) is 20.2 Å². The fourth-order valence-corrected chi connectivity index (χ4v) is 4.43. The molecule has 1 aliphatic rings. The fourth-order valence-electron chi connectivity index (χ4n) is 4.24. The lowest BCUT2D eigenvalue weighted by Gasteiger charge is -2.37. The first-order valence-corrected chi connectivity index (χ1v) is 11.5. The van der Waals surface area contributed by atoms with E-state index < -0.39 is 21.8 Å². The Morgan fingerprint density at radius 1 is 0.973 bits per heavy atom. The van der Waals surface area contributed by atoms with E-state index in [2.05, 4.69) is 0 Å². The third-order valence-electron chi connectivity index (χ3n) is 6.11. The molecular formula is C25H22ClN3O8. The summed E-state index contributed by atoms with van der Waals surface area (Å²) in [5, 5.41) is 22.3. The standard InChI is InChI=1S/C25H22ClN3O8/c1-35-23-11-15-9-10-27(25(30)20-12-17(29(33)34)5-8-21(20)26)22(19(15)13-24(23)36-2)14-37-18-6-3-16(4-7-18)28(31)32/h3-8,11-13,22H,9-10,14H2,1-2H3/t22-/m1/s1. The van der Waals surface area contributed by atoms with E-state index >= 15 is 0 Å². The Hall–Kier alpha value is -4.38. The predicted octanol–water partition coefficient (Wildman–Crippen LogP) is 4.99. The van der Waals surface area contributed by atoms with Crippen LogP contribution in [0.4, 0.5) is 11.4 Å². The van der Waals surface area contributed by atoms with E-state index in [0.717, 1.165) is 17.2 Å². The highest BCUT2D eigenvalue weighted by Gasteiger charge is 2.34. The number of ether oxygens (including phenoxy) is 3. The average Bonchev–Trinajstić information content (AvgIpc) is 2.90. The Kier molecular flexibility index (Phi) is 7.44. The van der Waals surface area contributed by atoms with Crippen LogP contribution in [-0.2, 0) is 6.42 Å². The number of halogens is 1. The highest BCUT2D eigenvalue weighted by molar-refractivity contribution is 6.34. The van der Waals surface area contributed by atoms with Gasteiger partial charge in [0.2, 0.25) is 0 Å². The Labute approximate surface area is 216 Å². The van der Waals surface area contributed by atoms with Crippen LogP contribution in [0.5, 0.6) is 17.2 Å². The van der Waals surface area contributed by atoms with Crippen molar-refractivity contribution in [3.63, 3.8) is 0 Å². The normalized spacial score (nSPS) is 14.5. The number of methoxy groups -OCH3 is 2. The van der Waals surface area contributed by atoms with Crippen LogP contribution in [-0.4, -0.2) is 48.0 Å². The molecule has 1 heterocycles. The first-order valence-electron chi connectivity index (χ1n) is 11.1. The molecule has 37 heavy (non-hydrogen) atoms. The van der Waals surface area contributed by atoms with Crippen LogP contribution in [0.2, 0.25) is 5.02 Å². The molecule has 0 bridgehead atoms. The van der Waals surface area contributed by atoms with E-state index in [0.29, 0.717) is 23.7 Å². The van der Waals surface area contributed by atoms with E-state index in [9.17, 15) is 25.0 Å². The molecule has 0 aliphatic carbocycles. The van der Waals surface area contributed by atoms with Crippen molar-refractivity contribution in [3.05, 3.63) is 96.5 Å². The van der Waals surface area contributed by atoms with Crippen LogP contribution in [0.25, 0.3) is 0 Å². The van der Waals surface area contributed by atoms with Crippen LogP contribution in [0.3, 0.4) is 0 Å². The maximum absolute atomic E-state index is 13.7. The van der Waals surface area contributed by atoms with E-state index in [4.69, 9.17) is 25.8 Å². The van der Waals surface area contributed by atoms with Gasteiger partial charge in [0, 0.05) is 30.8 Å². The number of amides is 1. The Morgan fingerprint density at radius 3 is 2.22 bits per heavy atom. The van der Waals surface area contributed by atoms with E-state index in [1.807, 2.05) is 6.07 Å². The van der Waals surface area contributed by atoms with Gasteiger partial charge in [-0.25, -0.2) is 0 Å². The van der Waals surface area contributed by atoms with Crippen molar-refractivity contribution in [1.29, 1.82) is 0 Å². The van der Waals surface area contributed by atoms with Crippen molar-refractivity contribution >= 4 is 28.9 Å². The second-order valence-electron chi connectivity index (χ2n) is 8.15. The lowest BCUT2D eigenvalue weighted by Crippen LogP contribution is -2.42. The van der Waals surface area contributed by atoms with Gasteiger partial charge in [-0.05, 0) is 47.9 Å². The van der Waals surface area contributed by atoms with E-state index in [-0.39, 0.29) is 35.1 Å². The number of hydrogen-bond donors (Lipinski definition) is 0. The summed E-state index contributed by atoms with van der Waals surface area (Å²) in [6.07, 6.45) is 0.488. The zero-order chi connectivity index (χ0) is 26.7. The van der Waals surface area contributed by atoms with Crippen molar-refractivity contribution in [1.82, 2.24) is 4.90 Å². The Morgan fingerprint density at radius 2 is 1.59 bits per heavy atom. The Bertz CT molecular complexity index is 1360. The summed E-state index contributed by atoms with van der Waals surface area (Å²) in [6.45, 7) is 0.285. The monoisotopic (exact) mass is 527 g/mol. The average molecular weight is 528 g/mol. The summed E-state index contributed by atoms with van der Waals surface area (Å²) in [6, 6.07) is 12.3. The molecule has 0 fully saturated rings. The number of hydrogen-bond acceptors (Lipinski definition) is 8. The summed E-state index contributed by atoms with van der Waals surface area (Å²) in [4.78, 5) is 36.4. The van der Waals surface area contributed by atoms with Crippen molar-refractivity contribution in [2.45, 2.75) is 12.5 Å². The van der Waals surface area contributed by atoms with Crippen LogP contribution in [0.15, 0.2) is 54.6 Å². The van der Waals surface area contributed by atoms with Crippen molar-refractivity contribution in [3.8, 4) is 17.2 Å². The highest BCUT2D eigenvalue weighted by atomic mass is 35.5. The summed E-state index contributed by atoms with van der Waals surface area (Å²) in [5.74, 6) is 0.882. The third kappa shape index (κ3) is 5.26. The minimum Gasteiger partial charge on any atom is -0.493 e. The quantitative estimate of drug-likeness (QED) is 0.295. The summed E-state index contributed by atoms with van der Waals surface area (Å²) in [5.41, 5.74) is 1.34. The second-order valence-corrected chi connectivity index (χ2v) is 8.56. The van der Waals surface area contributed by atoms with Crippen LogP contribution >= 0.6 is 11.6 Å². The first-order chi connectivity index (χ1) is 17.7. The van der Waals surface area contributed by atoms with Gasteiger partial charge in [-0.3, -0.25) is 25.0 Å². The summed E-state index contributed by atoms with van der Waals surface area (Å²) in [7, 11) is 3.03. The molecule has 1 amide bonds. The molecule has 0 saturated heterocycles. The molecule has 0 unspecified atom stereocenters. The SMILES string of the molecule is COc1cc2c(cc1OC)[C@@H](COc1ccc([N+](=O)[O-])cc1)N(C(=O)c1cc([N+](=O)[O-])ccc1Cl)CC2. The molecule has 0 aromatic heterocycles. The molecule has 192 valence electrons. The van der Waals surface area contributed by atoms with Gasteiger partial charge >= 0.3 is 0 Å². The van der Waals surface area contributed by atoms with Gasteiger partial charge in [0.15, 0.2) is 11.5 Å².